The lowest BCUT2D eigenvalue weighted by Crippen LogP contribution is -2.30. The number of hydrogen-bond donors (Lipinski definition) is 1. The van der Waals surface area contributed by atoms with Gasteiger partial charge in [-0.05, 0) is 64.1 Å². The van der Waals surface area contributed by atoms with E-state index in [1.807, 2.05) is 30.3 Å². The van der Waals surface area contributed by atoms with E-state index in [1.165, 1.54) is 13.8 Å². The predicted octanol–water partition coefficient (Wildman–Crippen LogP) is 3.88. The van der Waals surface area contributed by atoms with Crippen LogP contribution in [0, 0.1) is 13.8 Å². The molecular formula is C23H23N3O4. The summed E-state index contributed by atoms with van der Waals surface area (Å²) in [6.07, 6.45) is -1.01. The number of ketones is 1. The van der Waals surface area contributed by atoms with Crippen molar-refractivity contribution in [2.24, 2.45) is 0 Å². The highest BCUT2D eigenvalue weighted by atomic mass is 16.5. The molecule has 30 heavy (non-hydrogen) atoms. The summed E-state index contributed by atoms with van der Waals surface area (Å²) >= 11 is 0. The highest BCUT2D eigenvalue weighted by Gasteiger charge is 2.25. The van der Waals surface area contributed by atoms with Crippen molar-refractivity contribution in [2.75, 3.05) is 5.32 Å². The SMILES string of the molecule is CC(=O)c1ccc(NC(=O)C(C)OC(=O)c2c(C)nn(-c3ccccc3)c2C)cc1. The quantitative estimate of drug-likeness (QED) is 0.497. The average Bonchev–Trinajstić information content (AvgIpc) is 3.03. The first-order valence-corrected chi connectivity index (χ1v) is 9.52. The highest BCUT2D eigenvalue weighted by Crippen LogP contribution is 2.19. The summed E-state index contributed by atoms with van der Waals surface area (Å²) < 4.78 is 7.06. The molecule has 1 heterocycles. The number of esters is 1. The summed E-state index contributed by atoms with van der Waals surface area (Å²) in [7, 11) is 0. The summed E-state index contributed by atoms with van der Waals surface area (Å²) in [4.78, 5) is 36.5. The molecule has 1 amide bonds. The normalized spacial score (nSPS) is 11.6. The van der Waals surface area contributed by atoms with Crippen molar-refractivity contribution in [3.05, 3.63) is 77.1 Å². The smallest absolute Gasteiger partial charge is 0.342 e. The van der Waals surface area contributed by atoms with Gasteiger partial charge in [0.15, 0.2) is 11.9 Å². The summed E-state index contributed by atoms with van der Waals surface area (Å²) in [6.45, 7) is 6.48. The van der Waals surface area contributed by atoms with Gasteiger partial charge in [0.1, 0.15) is 5.56 Å². The van der Waals surface area contributed by atoms with Crippen molar-refractivity contribution in [3.63, 3.8) is 0 Å². The molecule has 3 rings (SSSR count). The van der Waals surface area contributed by atoms with Gasteiger partial charge in [0.25, 0.3) is 5.91 Å². The van der Waals surface area contributed by atoms with Crippen LogP contribution in [-0.4, -0.2) is 33.5 Å². The number of hydrogen-bond acceptors (Lipinski definition) is 5. The predicted molar refractivity (Wildman–Crippen MR) is 113 cm³/mol. The molecule has 0 bridgehead atoms. The van der Waals surface area contributed by atoms with E-state index in [1.54, 1.807) is 42.8 Å². The van der Waals surface area contributed by atoms with Crippen LogP contribution in [0.2, 0.25) is 0 Å². The van der Waals surface area contributed by atoms with Crippen LogP contribution in [0.3, 0.4) is 0 Å². The minimum absolute atomic E-state index is 0.0584. The van der Waals surface area contributed by atoms with Gasteiger partial charge in [0.2, 0.25) is 0 Å². The number of carbonyl (C=O) groups excluding carboxylic acids is 3. The number of aryl methyl sites for hydroxylation is 1. The lowest BCUT2D eigenvalue weighted by atomic mass is 10.1. The Kier molecular flexibility index (Phi) is 6.11. The Hall–Kier alpha value is -3.74. The van der Waals surface area contributed by atoms with Crippen LogP contribution >= 0.6 is 0 Å². The Morgan fingerprint density at radius 3 is 2.23 bits per heavy atom. The zero-order valence-electron chi connectivity index (χ0n) is 17.3. The molecule has 1 aromatic heterocycles. The van der Waals surface area contributed by atoms with Crippen molar-refractivity contribution in [1.82, 2.24) is 9.78 Å². The maximum absolute atomic E-state index is 12.7. The van der Waals surface area contributed by atoms with Crippen LogP contribution in [0.4, 0.5) is 5.69 Å². The van der Waals surface area contributed by atoms with E-state index in [-0.39, 0.29) is 5.78 Å². The second kappa shape index (κ2) is 8.73. The summed E-state index contributed by atoms with van der Waals surface area (Å²) in [5.74, 6) is -1.14. The van der Waals surface area contributed by atoms with Gasteiger partial charge < -0.3 is 10.1 Å². The number of nitrogens with one attached hydrogen (secondary N) is 1. The van der Waals surface area contributed by atoms with Crippen LogP contribution in [0.15, 0.2) is 54.6 Å². The lowest BCUT2D eigenvalue weighted by Gasteiger charge is -2.14. The maximum atomic E-state index is 12.7. The standard InChI is InChI=1S/C23H23N3O4/c1-14-21(15(2)26(25-14)20-8-6-5-7-9-20)23(29)30-17(4)22(28)24-19-12-10-18(11-13-19)16(3)27/h5-13,17H,1-4H3,(H,24,28). The van der Waals surface area contributed by atoms with Crippen molar-refractivity contribution in [1.29, 1.82) is 0 Å². The van der Waals surface area contributed by atoms with Crippen molar-refractivity contribution in [3.8, 4) is 5.69 Å². The molecule has 0 aliphatic rings. The monoisotopic (exact) mass is 405 g/mol. The third kappa shape index (κ3) is 4.46. The number of para-hydroxylation sites is 1. The number of anilines is 1. The highest BCUT2D eigenvalue weighted by molar-refractivity contribution is 5.99. The number of nitrogens with zero attached hydrogens (tertiary/aromatic N) is 2. The van der Waals surface area contributed by atoms with Gasteiger partial charge in [-0.1, -0.05) is 18.2 Å². The molecule has 0 saturated heterocycles. The van der Waals surface area contributed by atoms with Crippen LogP contribution in [-0.2, 0) is 9.53 Å². The molecular weight excluding hydrogens is 382 g/mol. The first kappa shape index (κ1) is 21.0. The second-order valence-corrected chi connectivity index (χ2v) is 6.96. The molecule has 3 aromatic rings. The Bertz CT molecular complexity index is 1090. The topological polar surface area (TPSA) is 90.3 Å². The third-order valence-corrected chi connectivity index (χ3v) is 4.71. The van der Waals surface area contributed by atoms with Gasteiger partial charge in [-0.3, -0.25) is 9.59 Å². The van der Waals surface area contributed by atoms with Gasteiger partial charge in [0, 0.05) is 11.3 Å². The van der Waals surface area contributed by atoms with Gasteiger partial charge in [-0.2, -0.15) is 5.10 Å². The fraction of sp³-hybridized carbons (Fsp3) is 0.217. The van der Waals surface area contributed by atoms with Gasteiger partial charge in [-0.15, -0.1) is 0 Å². The number of rotatable bonds is 6. The molecule has 1 atom stereocenters. The number of benzene rings is 2. The molecule has 154 valence electrons. The molecule has 0 fully saturated rings. The lowest BCUT2D eigenvalue weighted by molar-refractivity contribution is -0.123. The van der Waals surface area contributed by atoms with Crippen LogP contribution < -0.4 is 5.32 Å². The molecule has 0 aliphatic carbocycles. The zero-order valence-corrected chi connectivity index (χ0v) is 17.3. The van der Waals surface area contributed by atoms with E-state index >= 15 is 0 Å². The van der Waals surface area contributed by atoms with E-state index in [4.69, 9.17) is 4.74 Å². The molecule has 0 saturated carbocycles. The van der Waals surface area contributed by atoms with Crippen molar-refractivity contribution in [2.45, 2.75) is 33.8 Å². The molecule has 2 aromatic carbocycles. The Balaban J connectivity index is 1.70. The number of Topliss-reactive ketones (excluding diaryl/α,β-unsaturated/α-hetero) is 1. The Morgan fingerprint density at radius 1 is 1.00 bits per heavy atom. The van der Waals surface area contributed by atoms with E-state index < -0.39 is 18.0 Å². The van der Waals surface area contributed by atoms with Gasteiger partial charge in [0.05, 0.1) is 17.1 Å². The average molecular weight is 405 g/mol. The number of ether oxygens (including phenoxy) is 1. The summed E-state index contributed by atoms with van der Waals surface area (Å²) in [5.41, 5.74) is 3.39. The zero-order chi connectivity index (χ0) is 21.8. The van der Waals surface area contributed by atoms with Crippen LogP contribution in [0.25, 0.3) is 5.69 Å². The maximum Gasteiger partial charge on any atom is 0.342 e. The van der Waals surface area contributed by atoms with Crippen molar-refractivity contribution < 1.29 is 19.1 Å². The van der Waals surface area contributed by atoms with Crippen LogP contribution in [0.5, 0.6) is 0 Å². The number of amides is 1. The van der Waals surface area contributed by atoms with E-state index in [9.17, 15) is 14.4 Å². The molecule has 0 spiro atoms. The molecule has 0 radical (unpaired) electrons. The van der Waals surface area contributed by atoms with Crippen molar-refractivity contribution >= 4 is 23.3 Å². The molecule has 0 aliphatic heterocycles. The second-order valence-electron chi connectivity index (χ2n) is 6.96. The molecule has 7 nitrogen and oxygen atoms in total. The fourth-order valence-corrected chi connectivity index (χ4v) is 3.06. The largest absolute Gasteiger partial charge is 0.449 e. The van der Waals surface area contributed by atoms with Crippen LogP contribution in [0.1, 0.15) is 46.0 Å². The molecule has 1 N–H and O–H groups in total. The van der Waals surface area contributed by atoms with Gasteiger partial charge in [-0.25, -0.2) is 9.48 Å². The van der Waals surface area contributed by atoms with E-state index in [2.05, 4.69) is 10.4 Å². The minimum atomic E-state index is -1.01. The number of carbonyl (C=O) groups is 3. The first-order valence-electron chi connectivity index (χ1n) is 9.52. The Morgan fingerprint density at radius 2 is 1.63 bits per heavy atom. The minimum Gasteiger partial charge on any atom is -0.449 e. The summed E-state index contributed by atoms with van der Waals surface area (Å²) in [6, 6.07) is 16.0. The first-order chi connectivity index (χ1) is 14.3. The van der Waals surface area contributed by atoms with E-state index in [0.29, 0.717) is 28.2 Å². The molecule has 7 heteroatoms. The third-order valence-electron chi connectivity index (χ3n) is 4.71. The Labute approximate surface area is 174 Å². The van der Waals surface area contributed by atoms with Gasteiger partial charge >= 0.3 is 5.97 Å². The summed E-state index contributed by atoms with van der Waals surface area (Å²) in [5, 5.41) is 7.11. The van der Waals surface area contributed by atoms with E-state index in [0.717, 1.165) is 5.69 Å². The number of aromatic nitrogens is 2. The molecule has 1 unspecified atom stereocenters. The fourth-order valence-electron chi connectivity index (χ4n) is 3.06.